The van der Waals surface area contributed by atoms with Gasteiger partial charge in [-0.2, -0.15) is 0 Å². The summed E-state index contributed by atoms with van der Waals surface area (Å²) in [6.45, 7) is 8.26. The minimum Gasteiger partial charge on any atom is -0.456 e. The van der Waals surface area contributed by atoms with Crippen molar-refractivity contribution < 1.29 is 18.1 Å². The van der Waals surface area contributed by atoms with Gasteiger partial charge in [-0.15, -0.1) is 0 Å². The second kappa shape index (κ2) is 6.97. The van der Waals surface area contributed by atoms with E-state index in [1.807, 2.05) is 42.5 Å². The van der Waals surface area contributed by atoms with Gasteiger partial charge in [-0.05, 0) is 68.9 Å². The Hall–Kier alpha value is -3.61. The van der Waals surface area contributed by atoms with Crippen molar-refractivity contribution in [1.82, 2.24) is 4.98 Å². The van der Waals surface area contributed by atoms with Gasteiger partial charge in [-0.25, -0.2) is 4.98 Å². The number of furan rings is 1. The average molecular weight is 461 g/mol. The van der Waals surface area contributed by atoms with E-state index in [-0.39, 0.29) is 0 Å². The number of benzene rings is 4. The third-order valence-electron chi connectivity index (χ3n) is 7.56. The number of fused-ring (bicyclic) bond motifs is 6. The van der Waals surface area contributed by atoms with Crippen LogP contribution in [0.25, 0.3) is 55.3 Å². The highest BCUT2D eigenvalue weighted by Crippen LogP contribution is 2.39. The van der Waals surface area contributed by atoms with Crippen LogP contribution in [0.4, 0.5) is 0 Å². The van der Waals surface area contributed by atoms with Crippen LogP contribution in [0.5, 0.6) is 0 Å². The van der Waals surface area contributed by atoms with Crippen LogP contribution < -0.4 is 5.46 Å². The Bertz CT molecular complexity index is 1760. The van der Waals surface area contributed by atoms with Crippen molar-refractivity contribution in [1.29, 1.82) is 0 Å². The normalized spacial score (nSPS) is 17.3. The molecule has 35 heavy (non-hydrogen) atoms. The van der Waals surface area contributed by atoms with Crippen LogP contribution in [0, 0.1) is 0 Å². The molecule has 0 bridgehead atoms. The van der Waals surface area contributed by atoms with Crippen LogP contribution in [-0.4, -0.2) is 23.3 Å². The topological polar surface area (TPSA) is 57.6 Å². The molecule has 0 unspecified atom stereocenters. The molecule has 0 radical (unpaired) electrons. The van der Waals surface area contributed by atoms with Gasteiger partial charge >= 0.3 is 7.12 Å². The SMILES string of the molecule is CC1(C)OB(c2cccc3oc4ccc(-c5nc6c(ccc7ccccc76)o5)cc4c23)OC1(C)C. The summed E-state index contributed by atoms with van der Waals surface area (Å²) in [6, 6.07) is 24.3. The molecule has 3 heterocycles. The molecular weight excluding hydrogens is 437 g/mol. The van der Waals surface area contributed by atoms with Gasteiger partial charge in [-0.3, -0.25) is 0 Å². The summed E-state index contributed by atoms with van der Waals surface area (Å²) in [7, 11) is -0.483. The molecule has 1 aliphatic rings. The highest BCUT2D eigenvalue weighted by Gasteiger charge is 2.52. The highest BCUT2D eigenvalue weighted by atomic mass is 16.7. The minimum absolute atomic E-state index is 0.425. The molecule has 0 amide bonds. The maximum atomic E-state index is 6.38. The zero-order valence-electron chi connectivity index (χ0n) is 20.1. The third kappa shape index (κ3) is 3.00. The lowest BCUT2D eigenvalue weighted by Crippen LogP contribution is -2.41. The van der Waals surface area contributed by atoms with Gasteiger partial charge in [-0.1, -0.05) is 42.5 Å². The Labute approximate surface area is 202 Å². The average Bonchev–Trinajstić information content (AvgIpc) is 3.50. The number of oxazole rings is 1. The van der Waals surface area contributed by atoms with E-state index in [1.165, 1.54) is 0 Å². The molecule has 0 saturated carbocycles. The first kappa shape index (κ1) is 20.7. The lowest BCUT2D eigenvalue weighted by atomic mass is 9.76. The Balaban J connectivity index is 1.41. The van der Waals surface area contributed by atoms with Crippen LogP contribution in [0.2, 0.25) is 0 Å². The van der Waals surface area contributed by atoms with Crippen molar-refractivity contribution in [3.05, 3.63) is 72.8 Å². The number of hydrogen-bond acceptors (Lipinski definition) is 5. The summed E-state index contributed by atoms with van der Waals surface area (Å²) in [5.41, 5.74) is 4.24. The van der Waals surface area contributed by atoms with Gasteiger partial charge in [0.15, 0.2) is 5.58 Å². The molecule has 6 heteroatoms. The first-order chi connectivity index (χ1) is 16.8. The van der Waals surface area contributed by atoms with Crippen LogP contribution in [0.15, 0.2) is 81.6 Å². The number of hydrogen-bond donors (Lipinski definition) is 0. The van der Waals surface area contributed by atoms with E-state index in [2.05, 4.69) is 58.0 Å². The largest absolute Gasteiger partial charge is 0.495 e. The molecule has 6 aromatic rings. The van der Waals surface area contributed by atoms with Crippen molar-refractivity contribution in [3.63, 3.8) is 0 Å². The van der Waals surface area contributed by atoms with Crippen molar-refractivity contribution in [2.24, 2.45) is 0 Å². The predicted molar refractivity (Wildman–Crippen MR) is 140 cm³/mol. The Kier molecular flexibility index (Phi) is 4.13. The predicted octanol–water partition coefficient (Wildman–Crippen LogP) is 6.85. The van der Waals surface area contributed by atoms with Gasteiger partial charge in [0.2, 0.25) is 5.89 Å². The molecule has 0 N–H and O–H groups in total. The molecule has 1 saturated heterocycles. The highest BCUT2D eigenvalue weighted by molar-refractivity contribution is 6.66. The van der Waals surface area contributed by atoms with E-state index in [9.17, 15) is 0 Å². The monoisotopic (exact) mass is 461 g/mol. The molecule has 2 aromatic heterocycles. The fraction of sp³-hybridized carbons (Fsp3) is 0.207. The van der Waals surface area contributed by atoms with Crippen LogP contribution in [0.1, 0.15) is 27.7 Å². The molecule has 7 rings (SSSR count). The summed E-state index contributed by atoms with van der Waals surface area (Å²) >= 11 is 0. The molecule has 0 atom stereocenters. The zero-order chi connectivity index (χ0) is 23.9. The first-order valence-electron chi connectivity index (χ1n) is 11.9. The molecule has 0 spiro atoms. The summed E-state index contributed by atoms with van der Waals surface area (Å²) in [4.78, 5) is 4.87. The lowest BCUT2D eigenvalue weighted by Gasteiger charge is -2.32. The second-order valence-corrected chi connectivity index (χ2v) is 10.3. The smallest absolute Gasteiger partial charge is 0.456 e. The Morgan fingerprint density at radius 1 is 0.686 bits per heavy atom. The van der Waals surface area contributed by atoms with Crippen LogP contribution in [-0.2, 0) is 9.31 Å². The van der Waals surface area contributed by atoms with Crippen molar-refractivity contribution in [2.45, 2.75) is 38.9 Å². The molecule has 0 aliphatic carbocycles. The maximum Gasteiger partial charge on any atom is 0.495 e. The number of aromatic nitrogens is 1. The standard InChI is InChI=1S/C29H24BNO4/c1-28(2)29(3,4)35-30(34-28)21-10-7-11-23-25(21)20-16-18(13-14-22(20)32-23)27-31-26-19-9-6-5-8-17(19)12-15-24(26)33-27/h5-16H,1-4H3. The lowest BCUT2D eigenvalue weighted by molar-refractivity contribution is 0.00578. The summed E-state index contributed by atoms with van der Waals surface area (Å²) < 4.78 is 25.2. The summed E-state index contributed by atoms with van der Waals surface area (Å²) in [6.07, 6.45) is 0. The Morgan fingerprint density at radius 3 is 2.29 bits per heavy atom. The van der Waals surface area contributed by atoms with Gasteiger partial charge < -0.3 is 18.1 Å². The van der Waals surface area contributed by atoms with Crippen molar-refractivity contribution >= 4 is 56.4 Å². The fourth-order valence-corrected chi connectivity index (χ4v) is 4.94. The van der Waals surface area contributed by atoms with Gasteiger partial charge in [0.25, 0.3) is 0 Å². The molecule has 4 aromatic carbocycles. The number of nitrogens with zero attached hydrogens (tertiary/aromatic N) is 1. The van der Waals surface area contributed by atoms with Gasteiger partial charge in [0.05, 0.1) is 11.2 Å². The summed E-state index contributed by atoms with van der Waals surface area (Å²) in [5.74, 6) is 0.584. The van der Waals surface area contributed by atoms with Gasteiger partial charge in [0.1, 0.15) is 16.7 Å². The molecule has 5 nitrogen and oxygen atoms in total. The van der Waals surface area contributed by atoms with E-state index in [0.717, 1.165) is 54.8 Å². The molecular formula is C29H24BNO4. The fourth-order valence-electron chi connectivity index (χ4n) is 4.94. The number of rotatable bonds is 2. The summed E-state index contributed by atoms with van der Waals surface area (Å²) in [5, 5.41) is 4.19. The second-order valence-electron chi connectivity index (χ2n) is 10.3. The maximum absolute atomic E-state index is 6.38. The molecule has 1 fully saturated rings. The van der Waals surface area contributed by atoms with Crippen molar-refractivity contribution in [3.8, 4) is 11.5 Å². The van der Waals surface area contributed by atoms with Crippen molar-refractivity contribution in [2.75, 3.05) is 0 Å². The van der Waals surface area contributed by atoms with E-state index in [1.54, 1.807) is 0 Å². The molecule has 1 aliphatic heterocycles. The van der Waals surface area contributed by atoms with E-state index in [4.69, 9.17) is 23.1 Å². The third-order valence-corrected chi connectivity index (χ3v) is 7.56. The quantitative estimate of drug-likeness (QED) is 0.264. The van der Waals surface area contributed by atoms with Crippen LogP contribution >= 0.6 is 0 Å². The first-order valence-corrected chi connectivity index (χ1v) is 11.9. The Morgan fingerprint density at radius 2 is 1.46 bits per heavy atom. The molecule has 172 valence electrons. The van der Waals surface area contributed by atoms with E-state index < -0.39 is 18.3 Å². The van der Waals surface area contributed by atoms with Crippen LogP contribution in [0.3, 0.4) is 0 Å². The minimum atomic E-state index is -0.483. The van der Waals surface area contributed by atoms with Gasteiger partial charge in [0, 0.05) is 21.7 Å². The van der Waals surface area contributed by atoms with E-state index >= 15 is 0 Å². The zero-order valence-corrected chi connectivity index (χ0v) is 20.1. The van der Waals surface area contributed by atoms with E-state index in [0.29, 0.717) is 5.89 Å².